The first kappa shape index (κ1) is 15.5. The van der Waals surface area contributed by atoms with Crippen LogP contribution in [-0.2, 0) is 5.75 Å². The van der Waals surface area contributed by atoms with E-state index in [1.165, 1.54) is 0 Å². The summed E-state index contributed by atoms with van der Waals surface area (Å²) in [6, 6.07) is 9.87. The molecule has 0 amide bonds. The van der Waals surface area contributed by atoms with Crippen molar-refractivity contribution in [2.24, 2.45) is 0 Å². The zero-order valence-electron chi connectivity index (χ0n) is 11.4. The van der Waals surface area contributed by atoms with Crippen LogP contribution in [-0.4, -0.2) is 22.8 Å². The minimum atomic E-state index is 0.783. The fraction of sp³-hybridized carbons (Fsp3) is 0.286. The molecule has 106 valence electrons. The molecular formula is C14H16ClN3S2. The number of anilines is 1. The molecule has 1 aromatic heterocycles. The molecule has 0 saturated heterocycles. The van der Waals surface area contributed by atoms with Crippen molar-refractivity contribution in [3.05, 3.63) is 40.9 Å². The monoisotopic (exact) mass is 325 g/mol. The first-order valence-corrected chi connectivity index (χ1v) is 8.85. The lowest BCUT2D eigenvalue weighted by Gasteiger charge is -2.08. The van der Waals surface area contributed by atoms with E-state index >= 15 is 0 Å². The van der Waals surface area contributed by atoms with Crippen LogP contribution in [0.25, 0.3) is 0 Å². The lowest BCUT2D eigenvalue weighted by molar-refractivity contribution is 0.891. The Kier molecular flexibility index (Phi) is 6.01. The molecule has 2 rings (SSSR count). The smallest absolute Gasteiger partial charge is 0.190 e. The van der Waals surface area contributed by atoms with E-state index in [0.29, 0.717) is 0 Å². The van der Waals surface area contributed by atoms with Crippen molar-refractivity contribution in [2.45, 2.75) is 22.9 Å². The van der Waals surface area contributed by atoms with Crippen molar-refractivity contribution in [1.82, 2.24) is 9.97 Å². The van der Waals surface area contributed by atoms with Gasteiger partial charge in [0.15, 0.2) is 5.16 Å². The summed E-state index contributed by atoms with van der Waals surface area (Å²) >= 11 is 9.38. The Hall–Kier alpha value is -0.910. The molecule has 1 heterocycles. The number of benzene rings is 1. The number of aromatic nitrogens is 2. The highest BCUT2D eigenvalue weighted by atomic mass is 35.5. The molecule has 0 fully saturated rings. The van der Waals surface area contributed by atoms with Crippen LogP contribution in [0.5, 0.6) is 0 Å². The van der Waals surface area contributed by atoms with Crippen LogP contribution < -0.4 is 5.32 Å². The molecular weight excluding hydrogens is 310 g/mol. The summed E-state index contributed by atoms with van der Waals surface area (Å²) in [7, 11) is 0. The van der Waals surface area contributed by atoms with Gasteiger partial charge >= 0.3 is 0 Å². The maximum absolute atomic E-state index is 6.17. The van der Waals surface area contributed by atoms with Crippen LogP contribution in [0.1, 0.15) is 12.5 Å². The van der Waals surface area contributed by atoms with Gasteiger partial charge in [0, 0.05) is 23.4 Å². The van der Waals surface area contributed by atoms with Crippen molar-refractivity contribution in [2.75, 3.05) is 18.1 Å². The van der Waals surface area contributed by atoms with E-state index in [1.54, 1.807) is 23.5 Å². The molecule has 0 saturated carbocycles. The summed E-state index contributed by atoms with van der Waals surface area (Å²) in [6.07, 6.45) is 1.98. The second kappa shape index (κ2) is 7.76. The first-order valence-electron chi connectivity index (χ1n) is 6.26. The molecule has 0 atom stereocenters. The van der Waals surface area contributed by atoms with E-state index in [0.717, 1.165) is 38.9 Å². The highest BCUT2D eigenvalue weighted by Crippen LogP contribution is 2.27. The van der Waals surface area contributed by atoms with Crippen molar-refractivity contribution in [1.29, 1.82) is 0 Å². The summed E-state index contributed by atoms with van der Waals surface area (Å²) in [6.45, 7) is 2.90. The third-order valence-electron chi connectivity index (χ3n) is 2.56. The third-order valence-corrected chi connectivity index (χ3v) is 4.43. The quantitative estimate of drug-likeness (QED) is 0.478. The van der Waals surface area contributed by atoms with Gasteiger partial charge in [-0.3, -0.25) is 0 Å². The van der Waals surface area contributed by atoms with Gasteiger partial charge in [-0.2, -0.15) is 0 Å². The van der Waals surface area contributed by atoms with Gasteiger partial charge < -0.3 is 5.32 Å². The molecule has 6 heteroatoms. The second-order valence-corrected chi connectivity index (χ2v) is 6.16. The minimum absolute atomic E-state index is 0.783. The predicted molar refractivity (Wildman–Crippen MR) is 89.0 cm³/mol. The SMILES string of the molecule is CCNc1cc(SCc2ccccc2Cl)nc(SC)n1. The molecule has 0 spiro atoms. The van der Waals surface area contributed by atoms with Crippen molar-refractivity contribution >= 4 is 40.9 Å². The van der Waals surface area contributed by atoms with Crippen LogP contribution >= 0.6 is 35.1 Å². The molecule has 20 heavy (non-hydrogen) atoms. The van der Waals surface area contributed by atoms with Crippen molar-refractivity contribution in [3.8, 4) is 0 Å². The average molecular weight is 326 g/mol. The second-order valence-electron chi connectivity index (χ2n) is 3.99. The van der Waals surface area contributed by atoms with Gasteiger partial charge in [-0.1, -0.05) is 41.6 Å². The molecule has 1 aromatic carbocycles. The number of nitrogens with zero attached hydrogens (tertiary/aromatic N) is 2. The van der Waals surface area contributed by atoms with E-state index in [1.807, 2.05) is 36.6 Å². The fourth-order valence-electron chi connectivity index (χ4n) is 1.61. The standard InChI is InChI=1S/C14H16ClN3S2/c1-3-16-12-8-13(18-14(17-12)19-2)20-9-10-6-4-5-7-11(10)15/h4-8H,3,9H2,1-2H3,(H,16,17,18). The molecule has 1 N–H and O–H groups in total. The van der Waals surface area contributed by atoms with Crippen LogP contribution in [0.15, 0.2) is 40.5 Å². The van der Waals surface area contributed by atoms with Crippen molar-refractivity contribution in [3.63, 3.8) is 0 Å². The maximum Gasteiger partial charge on any atom is 0.190 e. The van der Waals surface area contributed by atoms with E-state index in [9.17, 15) is 0 Å². The highest BCUT2D eigenvalue weighted by molar-refractivity contribution is 7.99. The summed E-state index contributed by atoms with van der Waals surface area (Å²) < 4.78 is 0. The van der Waals surface area contributed by atoms with E-state index in [-0.39, 0.29) is 0 Å². The van der Waals surface area contributed by atoms with Gasteiger partial charge in [0.25, 0.3) is 0 Å². The summed E-state index contributed by atoms with van der Waals surface area (Å²) in [4.78, 5) is 8.93. The number of rotatable bonds is 6. The Morgan fingerprint density at radius 1 is 1.25 bits per heavy atom. The van der Waals surface area contributed by atoms with Crippen molar-refractivity contribution < 1.29 is 0 Å². The lowest BCUT2D eigenvalue weighted by Crippen LogP contribution is -2.01. The number of nitrogens with one attached hydrogen (secondary N) is 1. The first-order chi connectivity index (χ1) is 9.72. The van der Waals surface area contributed by atoms with Crippen LogP contribution in [0.3, 0.4) is 0 Å². The van der Waals surface area contributed by atoms with E-state index < -0.39 is 0 Å². The molecule has 3 nitrogen and oxygen atoms in total. The number of thioether (sulfide) groups is 2. The number of halogens is 1. The molecule has 0 aliphatic rings. The Bertz CT molecular complexity index is 578. The molecule has 0 aliphatic carbocycles. The van der Waals surface area contributed by atoms with Crippen LogP contribution in [0, 0.1) is 0 Å². The van der Waals surface area contributed by atoms with Crippen LogP contribution in [0.4, 0.5) is 5.82 Å². The summed E-state index contributed by atoms with van der Waals surface area (Å²) in [5, 5.41) is 5.77. The molecule has 0 bridgehead atoms. The normalized spacial score (nSPS) is 10.6. The molecule has 0 aliphatic heterocycles. The number of hydrogen-bond donors (Lipinski definition) is 1. The largest absolute Gasteiger partial charge is 0.370 e. The third kappa shape index (κ3) is 4.30. The highest BCUT2D eigenvalue weighted by Gasteiger charge is 2.06. The molecule has 0 unspecified atom stereocenters. The zero-order valence-corrected chi connectivity index (χ0v) is 13.8. The Morgan fingerprint density at radius 3 is 2.75 bits per heavy atom. The predicted octanol–water partition coefficient (Wildman–Crippen LogP) is 4.58. The number of hydrogen-bond acceptors (Lipinski definition) is 5. The van der Waals surface area contributed by atoms with Gasteiger partial charge in [-0.15, -0.1) is 11.8 Å². The van der Waals surface area contributed by atoms with Crippen LogP contribution in [0.2, 0.25) is 5.02 Å². The van der Waals surface area contributed by atoms with E-state index in [4.69, 9.17) is 11.6 Å². The topological polar surface area (TPSA) is 37.8 Å². The zero-order chi connectivity index (χ0) is 14.4. The molecule has 0 radical (unpaired) electrons. The van der Waals surface area contributed by atoms with E-state index in [2.05, 4.69) is 22.2 Å². The lowest BCUT2D eigenvalue weighted by atomic mass is 10.2. The maximum atomic E-state index is 6.17. The Balaban J connectivity index is 2.12. The summed E-state index contributed by atoms with van der Waals surface area (Å²) in [5.74, 6) is 1.67. The van der Waals surface area contributed by atoms with Gasteiger partial charge in [-0.05, 0) is 24.8 Å². The summed E-state index contributed by atoms with van der Waals surface area (Å²) in [5.41, 5.74) is 1.12. The minimum Gasteiger partial charge on any atom is -0.370 e. The Morgan fingerprint density at radius 2 is 2.05 bits per heavy atom. The average Bonchev–Trinajstić information content (AvgIpc) is 2.46. The van der Waals surface area contributed by atoms with Gasteiger partial charge in [0.05, 0.1) is 0 Å². The van der Waals surface area contributed by atoms with Gasteiger partial charge in [-0.25, -0.2) is 9.97 Å². The molecule has 2 aromatic rings. The Labute approximate surface area is 132 Å². The fourth-order valence-corrected chi connectivity index (χ4v) is 3.23. The van der Waals surface area contributed by atoms with Gasteiger partial charge in [0.1, 0.15) is 10.8 Å². The van der Waals surface area contributed by atoms with Gasteiger partial charge in [0.2, 0.25) is 0 Å².